The van der Waals surface area contributed by atoms with Crippen molar-refractivity contribution in [2.24, 2.45) is 0 Å². The van der Waals surface area contributed by atoms with Crippen LogP contribution in [-0.4, -0.2) is 36.1 Å². The van der Waals surface area contributed by atoms with Gasteiger partial charge in [-0.15, -0.1) is 0 Å². The van der Waals surface area contributed by atoms with Crippen molar-refractivity contribution in [3.8, 4) is 0 Å². The third-order valence-electron chi connectivity index (χ3n) is 3.70. The van der Waals surface area contributed by atoms with E-state index in [-0.39, 0.29) is 0 Å². The molecule has 0 bridgehead atoms. The molecule has 1 aromatic rings. The van der Waals surface area contributed by atoms with E-state index in [4.69, 9.17) is 0 Å². The van der Waals surface area contributed by atoms with Gasteiger partial charge in [0.25, 0.3) is 0 Å². The molecule has 2 rings (SSSR count). The average Bonchev–Trinajstić information content (AvgIpc) is 2.40. The Morgan fingerprint density at radius 1 is 1.47 bits per heavy atom. The molecule has 94 valence electrons. The molecule has 1 aliphatic rings. The number of hydrogen-bond donors (Lipinski definition) is 1. The summed E-state index contributed by atoms with van der Waals surface area (Å²) in [7, 11) is 2.19. The van der Waals surface area contributed by atoms with Crippen LogP contribution in [0.25, 0.3) is 0 Å². The number of nitrogens with one attached hydrogen (secondary N) is 1. The van der Waals surface area contributed by atoms with E-state index in [9.17, 15) is 0 Å². The lowest BCUT2D eigenvalue weighted by Crippen LogP contribution is -2.43. The zero-order chi connectivity index (χ0) is 12.1. The average molecular weight is 233 g/mol. The Bertz CT molecular complexity index is 319. The van der Waals surface area contributed by atoms with Crippen molar-refractivity contribution in [1.82, 2.24) is 15.2 Å². The summed E-state index contributed by atoms with van der Waals surface area (Å²) in [4.78, 5) is 6.82. The molecule has 0 radical (unpaired) electrons. The Labute approximate surface area is 104 Å². The van der Waals surface area contributed by atoms with Gasteiger partial charge >= 0.3 is 0 Å². The molecule has 1 aliphatic heterocycles. The number of aromatic nitrogens is 1. The summed E-state index contributed by atoms with van der Waals surface area (Å²) in [5.41, 5.74) is 1.16. The van der Waals surface area contributed by atoms with E-state index in [2.05, 4.69) is 41.3 Å². The van der Waals surface area contributed by atoms with E-state index in [1.54, 1.807) is 0 Å². The molecule has 3 heteroatoms. The van der Waals surface area contributed by atoms with Crippen molar-refractivity contribution < 1.29 is 0 Å². The van der Waals surface area contributed by atoms with E-state index in [1.807, 2.05) is 12.3 Å². The maximum atomic E-state index is 4.43. The minimum atomic E-state index is 0.389. The third-order valence-corrected chi connectivity index (χ3v) is 3.70. The van der Waals surface area contributed by atoms with Crippen LogP contribution in [0.3, 0.4) is 0 Å². The topological polar surface area (TPSA) is 28.2 Å². The summed E-state index contributed by atoms with van der Waals surface area (Å²) in [5.74, 6) is 0. The normalized spacial score (nSPS) is 22.6. The van der Waals surface area contributed by atoms with Gasteiger partial charge < -0.3 is 5.32 Å². The Kier molecular flexibility index (Phi) is 4.51. The number of pyridine rings is 1. The highest BCUT2D eigenvalue weighted by molar-refractivity contribution is 5.07. The van der Waals surface area contributed by atoms with E-state index in [0.717, 1.165) is 12.2 Å². The number of likely N-dealkylation sites (N-methyl/N-ethyl adjacent to an activating group) is 1. The van der Waals surface area contributed by atoms with Crippen LogP contribution in [0.5, 0.6) is 0 Å². The first kappa shape index (κ1) is 12.5. The smallest absolute Gasteiger partial charge is 0.0572 e. The van der Waals surface area contributed by atoms with Crippen molar-refractivity contribution in [3.05, 3.63) is 30.1 Å². The van der Waals surface area contributed by atoms with Crippen molar-refractivity contribution in [3.63, 3.8) is 0 Å². The predicted molar refractivity (Wildman–Crippen MR) is 70.9 cm³/mol. The second-order valence-electron chi connectivity index (χ2n) is 5.02. The van der Waals surface area contributed by atoms with Crippen LogP contribution in [0.4, 0.5) is 0 Å². The fourth-order valence-corrected chi connectivity index (χ4v) is 2.43. The Balaban J connectivity index is 1.88. The van der Waals surface area contributed by atoms with Crippen LogP contribution in [0.1, 0.15) is 37.9 Å². The summed E-state index contributed by atoms with van der Waals surface area (Å²) in [6.45, 7) is 4.51. The molecule has 0 spiro atoms. The SMILES string of the molecule is C[C@H](c1ccccn1)N(C)C[C@@H]1CCCCN1. The standard InChI is InChI=1S/C14H23N3/c1-12(14-8-4-6-10-16-14)17(2)11-13-7-3-5-9-15-13/h4,6,8,10,12-13,15H,3,5,7,9,11H2,1-2H3/t12-,13+/m1/s1. The largest absolute Gasteiger partial charge is 0.313 e. The maximum Gasteiger partial charge on any atom is 0.0572 e. The second kappa shape index (κ2) is 6.12. The Morgan fingerprint density at radius 2 is 2.35 bits per heavy atom. The maximum absolute atomic E-state index is 4.43. The second-order valence-corrected chi connectivity index (χ2v) is 5.02. The zero-order valence-electron chi connectivity index (χ0n) is 10.9. The van der Waals surface area contributed by atoms with Gasteiger partial charge in [-0.3, -0.25) is 9.88 Å². The molecule has 3 nitrogen and oxygen atoms in total. The van der Waals surface area contributed by atoms with Crippen LogP contribution >= 0.6 is 0 Å². The number of piperidine rings is 1. The molecule has 0 aliphatic carbocycles. The van der Waals surface area contributed by atoms with Gasteiger partial charge in [0.15, 0.2) is 0 Å². The van der Waals surface area contributed by atoms with Crippen LogP contribution in [0.2, 0.25) is 0 Å². The van der Waals surface area contributed by atoms with Crippen LogP contribution in [0, 0.1) is 0 Å². The van der Waals surface area contributed by atoms with Gasteiger partial charge in [0.05, 0.1) is 5.69 Å². The lowest BCUT2D eigenvalue weighted by atomic mass is 10.0. The van der Waals surface area contributed by atoms with E-state index in [1.165, 1.54) is 25.8 Å². The zero-order valence-corrected chi connectivity index (χ0v) is 10.9. The number of hydrogen-bond acceptors (Lipinski definition) is 3. The molecule has 1 fully saturated rings. The van der Waals surface area contributed by atoms with Gasteiger partial charge in [0.1, 0.15) is 0 Å². The fraction of sp³-hybridized carbons (Fsp3) is 0.643. The Hall–Kier alpha value is -0.930. The summed E-state index contributed by atoms with van der Waals surface area (Å²) >= 11 is 0. The van der Waals surface area contributed by atoms with Gasteiger partial charge in [-0.05, 0) is 45.5 Å². The first-order valence-corrected chi connectivity index (χ1v) is 6.62. The van der Waals surface area contributed by atoms with Crippen molar-refractivity contribution in [1.29, 1.82) is 0 Å². The summed E-state index contributed by atoms with van der Waals surface area (Å²) in [6, 6.07) is 7.18. The molecule has 0 unspecified atom stereocenters. The predicted octanol–water partition coefficient (Wildman–Crippen LogP) is 2.22. The summed E-state index contributed by atoms with van der Waals surface area (Å²) < 4.78 is 0. The van der Waals surface area contributed by atoms with Crippen molar-refractivity contribution >= 4 is 0 Å². The molecule has 17 heavy (non-hydrogen) atoms. The molecule has 0 aromatic carbocycles. The lowest BCUT2D eigenvalue weighted by Gasteiger charge is -2.31. The van der Waals surface area contributed by atoms with Crippen molar-refractivity contribution in [2.45, 2.75) is 38.3 Å². The highest BCUT2D eigenvalue weighted by Crippen LogP contribution is 2.17. The minimum absolute atomic E-state index is 0.389. The van der Waals surface area contributed by atoms with Gasteiger partial charge in [-0.1, -0.05) is 12.5 Å². The summed E-state index contributed by atoms with van der Waals surface area (Å²) in [6.07, 6.45) is 5.87. The van der Waals surface area contributed by atoms with Crippen LogP contribution in [0.15, 0.2) is 24.4 Å². The Morgan fingerprint density at radius 3 is 3.00 bits per heavy atom. The lowest BCUT2D eigenvalue weighted by molar-refractivity contribution is 0.212. The molecule has 0 amide bonds. The molecule has 1 aromatic heterocycles. The summed E-state index contributed by atoms with van der Waals surface area (Å²) in [5, 5.41) is 3.59. The van der Waals surface area contributed by atoms with E-state index >= 15 is 0 Å². The highest BCUT2D eigenvalue weighted by atomic mass is 15.2. The van der Waals surface area contributed by atoms with Crippen LogP contribution in [-0.2, 0) is 0 Å². The van der Waals surface area contributed by atoms with E-state index in [0.29, 0.717) is 12.1 Å². The first-order chi connectivity index (χ1) is 8.27. The van der Waals surface area contributed by atoms with Crippen molar-refractivity contribution in [2.75, 3.05) is 20.1 Å². The molecule has 0 saturated carbocycles. The molecule has 2 atom stereocenters. The van der Waals surface area contributed by atoms with Gasteiger partial charge in [-0.25, -0.2) is 0 Å². The van der Waals surface area contributed by atoms with Crippen LogP contribution < -0.4 is 5.32 Å². The monoisotopic (exact) mass is 233 g/mol. The van der Waals surface area contributed by atoms with Gasteiger partial charge in [-0.2, -0.15) is 0 Å². The highest BCUT2D eigenvalue weighted by Gasteiger charge is 2.18. The third kappa shape index (κ3) is 3.51. The van der Waals surface area contributed by atoms with E-state index < -0.39 is 0 Å². The fourth-order valence-electron chi connectivity index (χ4n) is 2.43. The quantitative estimate of drug-likeness (QED) is 0.864. The molecule has 1 N–H and O–H groups in total. The number of nitrogens with zero attached hydrogens (tertiary/aromatic N) is 2. The number of rotatable bonds is 4. The van der Waals surface area contributed by atoms with Gasteiger partial charge in [0.2, 0.25) is 0 Å². The minimum Gasteiger partial charge on any atom is -0.313 e. The molecular weight excluding hydrogens is 210 g/mol. The first-order valence-electron chi connectivity index (χ1n) is 6.62. The molecule has 2 heterocycles. The molecular formula is C14H23N3. The van der Waals surface area contributed by atoms with Gasteiger partial charge in [0, 0.05) is 24.8 Å². The molecule has 1 saturated heterocycles.